The number of ether oxygens (including phenoxy) is 2. The third-order valence-electron chi connectivity index (χ3n) is 3.98. The van der Waals surface area contributed by atoms with Crippen molar-refractivity contribution >= 4 is 16.9 Å². The van der Waals surface area contributed by atoms with Crippen LogP contribution in [0.5, 0.6) is 11.5 Å². The Morgan fingerprint density at radius 3 is 1.87 bits per heavy atom. The highest BCUT2D eigenvalue weighted by Crippen LogP contribution is 2.38. The summed E-state index contributed by atoms with van der Waals surface area (Å²) >= 11 is 1.63. The standard InChI is InChI=1S/C18H20N2O2S/c1-21-14-8-4-12(5-9-14)16-17(20-18(19-16)23-3)13-6-10-15(22-2)11-7-13/h4-11,16-17H,1-3H3,(H,19,20). The molecule has 1 N–H and O–H groups in total. The van der Waals surface area contributed by atoms with Gasteiger partial charge in [-0.05, 0) is 41.6 Å². The van der Waals surface area contributed by atoms with E-state index in [-0.39, 0.29) is 12.1 Å². The van der Waals surface area contributed by atoms with Gasteiger partial charge in [0, 0.05) is 0 Å². The van der Waals surface area contributed by atoms with E-state index < -0.39 is 0 Å². The molecule has 120 valence electrons. The maximum atomic E-state index is 5.24. The molecule has 0 aromatic heterocycles. The molecular weight excluding hydrogens is 308 g/mol. The maximum Gasteiger partial charge on any atom is 0.157 e. The fourth-order valence-electron chi connectivity index (χ4n) is 2.71. The molecule has 2 aromatic rings. The maximum absolute atomic E-state index is 5.24. The molecule has 0 fully saturated rings. The monoisotopic (exact) mass is 328 g/mol. The predicted octanol–water partition coefficient (Wildman–Crippen LogP) is 3.81. The van der Waals surface area contributed by atoms with Gasteiger partial charge in [0.15, 0.2) is 5.17 Å². The van der Waals surface area contributed by atoms with E-state index >= 15 is 0 Å². The number of rotatable bonds is 4. The molecule has 0 amide bonds. The van der Waals surface area contributed by atoms with Crippen molar-refractivity contribution in [3.05, 3.63) is 59.7 Å². The van der Waals surface area contributed by atoms with Crippen molar-refractivity contribution in [1.29, 1.82) is 0 Å². The van der Waals surface area contributed by atoms with Gasteiger partial charge in [-0.2, -0.15) is 0 Å². The van der Waals surface area contributed by atoms with Gasteiger partial charge in [-0.1, -0.05) is 36.0 Å². The largest absolute Gasteiger partial charge is 0.497 e. The van der Waals surface area contributed by atoms with Crippen LogP contribution in [0, 0.1) is 0 Å². The highest BCUT2D eigenvalue weighted by atomic mass is 32.2. The summed E-state index contributed by atoms with van der Waals surface area (Å²) in [5.41, 5.74) is 2.36. The van der Waals surface area contributed by atoms with Crippen LogP contribution in [0.3, 0.4) is 0 Å². The minimum absolute atomic E-state index is 0.0525. The topological polar surface area (TPSA) is 42.8 Å². The van der Waals surface area contributed by atoms with Crippen molar-refractivity contribution in [3.63, 3.8) is 0 Å². The van der Waals surface area contributed by atoms with E-state index in [1.807, 2.05) is 30.5 Å². The third kappa shape index (κ3) is 3.29. The van der Waals surface area contributed by atoms with Crippen molar-refractivity contribution < 1.29 is 9.47 Å². The molecule has 2 unspecified atom stereocenters. The summed E-state index contributed by atoms with van der Waals surface area (Å²) in [6.45, 7) is 0. The molecule has 1 aliphatic heterocycles. The van der Waals surface area contributed by atoms with E-state index in [2.05, 4.69) is 29.6 Å². The van der Waals surface area contributed by atoms with Gasteiger partial charge in [0.1, 0.15) is 17.5 Å². The quantitative estimate of drug-likeness (QED) is 0.927. The minimum atomic E-state index is 0.0525. The summed E-state index contributed by atoms with van der Waals surface area (Å²) < 4.78 is 10.5. The molecule has 2 aromatic carbocycles. The first-order valence-corrected chi connectivity index (χ1v) is 8.64. The average molecular weight is 328 g/mol. The van der Waals surface area contributed by atoms with Crippen molar-refractivity contribution in [2.45, 2.75) is 12.1 Å². The van der Waals surface area contributed by atoms with Crippen LogP contribution < -0.4 is 14.8 Å². The van der Waals surface area contributed by atoms with E-state index in [0.29, 0.717) is 0 Å². The Bertz CT molecular complexity index is 683. The molecule has 0 saturated heterocycles. The molecular formula is C18H20N2O2S. The number of hydrogen-bond acceptors (Lipinski definition) is 5. The van der Waals surface area contributed by atoms with Crippen molar-refractivity contribution in [3.8, 4) is 11.5 Å². The van der Waals surface area contributed by atoms with E-state index in [4.69, 9.17) is 14.5 Å². The third-order valence-corrected chi connectivity index (χ3v) is 4.59. The molecule has 23 heavy (non-hydrogen) atoms. The summed E-state index contributed by atoms with van der Waals surface area (Å²) in [6, 6.07) is 16.4. The number of aliphatic imine (C=N–C) groups is 1. The fraction of sp³-hybridized carbons (Fsp3) is 0.278. The zero-order valence-electron chi connectivity index (χ0n) is 13.4. The lowest BCUT2D eigenvalue weighted by molar-refractivity contribution is 0.414. The van der Waals surface area contributed by atoms with Crippen LogP contribution in [0.4, 0.5) is 0 Å². The lowest BCUT2D eigenvalue weighted by Crippen LogP contribution is -2.22. The molecule has 1 heterocycles. The smallest absolute Gasteiger partial charge is 0.157 e. The van der Waals surface area contributed by atoms with Crippen molar-refractivity contribution in [2.75, 3.05) is 20.5 Å². The van der Waals surface area contributed by atoms with Crippen molar-refractivity contribution in [2.24, 2.45) is 4.99 Å². The molecule has 4 nitrogen and oxygen atoms in total. The second-order valence-corrected chi connectivity index (χ2v) is 6.05. The van der Waals surface area contributed by atoms with Gasteiger partial charge in [0.05, 0.1) is 20.3 Å². The first-order chi connectivity index (χ1) is 11.2. The lowest BCUT2D eigenvalue weighted by atomic mass is 9.95. The van der Waals surface area contributed by atoms with Gasteiger partial charge in [-0.25, -0.2) is 0 Å². The van der Waals surface area contributed by atoms with Crippen LogP contribution in [-0.4, -0.2) is 25.6 Å². The van der Waals surface area contributed by atoms with E-state index in [1.165, 1.54) is 11.1 Å². The first-order valence-electron chi connectivity index (χ1n) is 7.41. The summed E-state index contributed by atoms with van der Waals surface area (Å²) in [7, 11) is 3.36. The fourth-order valence-corrected chi connectivity index (χ4v) is 3.17. The molecule has 3 rings (SSSR count). The number of benzene rings is 2. The van der Waals surface area contributed by atoms with E-state index in [9.17, 15) is 0 Å². The van der Waals surface area contributed by atoms with Crippen LogP contribution in [0.25, 0.3) is 0 Å². The van der Waals surface area contributed by atoms with Gasteiger partial charge in [0.25, 0.3) is 0 Å². The van der Waals surface area contributed by atoms with Crippen LogP contribution >= 0.6 is 11.8 Å². The van der Waals surface area contributed by atoms with Gasteiger partial charge in [0.2, 0.25) is 0 Å². The van der Waals surface area contributed by atoms with Crippen LogP contribution in [-0.2, 0) is 0 Å². The summed E-state index contributed by atoms with van der Waals surface area (Å²) in [5, 5.41) is 4.48. The number of nitrogens with zero attached hydrogens (tertiary/aromatic N) is 1. The SMILES string of the molecule is COc1ccc(C2N=C(SC)NC2c2ccc(OC)cc2)cc1. The normalized spacial score (nSPS) is 19.9. The van der Waals surface area contributed by atoms with Crippen molar-refractivity contribution in [1.82, 2.24) is 5.32 Å². The molecule has 0 saturated carbocycles. The summed E-state index contributed by atoms with van der Waals surface area (Å²) in [6.07, 6.45) is 2.04. The molecule has 2 atom stereocenters. The van der Waals surface area contributed by atoms with E-state index in [0.717, 1.165) is 16.7 Å². The lowest BCUT2D eigenvalue weighted by Gasteiger charge is -2.20. The molecule has 0 spiro atoms. The number of amidine groups is 1. The zero-order valence-corrected chi connectivity index (χ0v) is 14.3. The van der Waals surface area contributed by atoms with Gasteiger partial charge < -0.3 is 14.8 Å². The summed E-state index contributed by atoms with van der Waals surface area (Å²) in [4.78, 5) is 4.83. The zero-order chi connectivity index (χ0) is 16.2. The predicted molar refractivity (Wildman–Crippen MR) is 95.6 cm³/mol. The van der Waals surface area contributed by atoms with Crippen LogP contribution in [0.15, 0.2) is 53.5 Å². The Hall–Kier alpha value is -2.14. The van der Waals surface area contributed by atoms with E-state index in [1.54, 1.807) is 26.0 Å². The second-order valence-electron chi connectivity index (χ2n) is 5.25. The van der Waals surface area contributed by atoms with Crippen LogP contribution in [0.2, 0.25) is 0 Å². The van der Waals surface area contributed by atoms with Gasteiger partial charge in [-0.15, -0.1) is 0 Å². The Morgan fingerprint density at radius 2 is 1.39 bits per heavy atom. The first kappa shape index (κ1) is 15.7. The second kappa shape index (κ2) is 6.96. The van der Waals surface area contributed by atoms with Gasteiger partial charge >= 0.3 is 0 Å². The molecule has 0 aliphatic carbocycles. The minimum Gasteiger partial charge on any atom is -0.497 e. The Balaban J connectivity index is 1.91. The van der Waals surface area contributed by atoms with Crippen LogP contribution in [0.1, 0.15) is 23.2 Å². The highest BCUT2D eigenvalue weighted by molar-refractivity contribution is 8.13. The van der Waals surface area contributed by atoms with Gasteiger partial charge in [-0.3, -0.25) is 4.99 Å². The molecule has 0 bridgehead atoms. The molecule has 5 heteroatoms. The Morgan fingerprint density at radius 1 is 0.870 bits per heavy atom. The number of methoxy groups -OCH3 is 2. The number of thioether (sulfide) groups is 1. The summed E-state index contributed by atoms with van der Waals surface area (Å²) in [5.74, 6) is 1.72. The molecule has 1 aliphatic rings. The highest BCUT2D eigenvalue weighted by Gasteiger charge is 2.31. The Kier molecular flexibility index (Phi) is 4.76. The molecule has 0 radical (unpaired) electrons. The number of nitrogens with one attached hydrogen (secondary N) is 1. The number of hydrogen-bond donors (Lipinski definition) is 1. The Labute approximate surface area is 140 Å². The average Bonchev–Trinajstić information content (AvgIpc) is 3.06.